The highest BCUT2D eigenvalue weighted by Crippen LogP contribution is 2.31. The summed E-state index contributed by atoms with van der Waals surface area (Å²) in [6.45, 7) is 6.87. The van der Waals surface area contributed by atoms with Gasteiger partial charge in [0, 0.05) is 38.1 Å². The fourth-order valence-electron chi connectivity index (χ4n) is 4.03. The summed E-state index contributed by atoms with van der Waals surface area (Å²) in [6.07, 6.45) is 6.03. The fourth-order valence-corrected chi connectivity index (χ4v) is 4.03. The SMILES string of the molecule is Cn1cc(-c2nc3nccc(-c4ccc5c(c4)CCN(C(=O)OC(C)(C)C)C5)c3[nH]2)cn1. The standard InChI is InChI=1S/C24H26N6O2/c1-24(2,3)32-23(31)30-10-8-15-11-16(5-6-17(15)14-30)19-7-9-25-22-20(19)27-21(28-22)18-12-26-29(4)13-18/h5-7,9,11-13H,8,10,14H2,1-4H3,(H,25,27,28). The van der Waals surface area contributed by atoms with Gasteiger partial charge in [-0.2, -0.15) is 5.10 Å². The summed E-state index contributed by atoms with van der Waals surface area (Å²) in [5.74, 6) is 0.749. The van der Waals surface area contributed by atoms with Crippen molar-refractivity contribution in [1.82, 2.24) is 29.6 Å². The zero-order valence-corrected chi connectivity index (χ0v) is 18.7. The Balaban J connectivity index is 1.45. The molecule has 1 N–H and O–H groups in total. The van der Waals surface area contributed by atoms with Gasteiger partial charge < -0.3 is 14.6 Å². The normalized spacial score (nSPS) is 13.9. The van der Waals surface area contributed by atoms with Crippen LogP contribution in [-0.2, 0) is 24.8 Å². The molecular formula is C24H26N6O2. The van der Waals surface area contributed by atoms with E-state index in [1.807, 2.05) is 40.1 Å². The van der Waals surface area contributed by atoms with Crippen molar-refractivity contribution in [3.05, 3.63) is 54.0 Å². The Labute approximate surface area is 186 Å². The number of fused-ring (bicyclic) bond motifs is 2. The third-order valence-electron chi connectivity index (χ3n) is 5.55. The molecule has 0 radical (unpaired) electrons. The van der Waals surface area contributed by atoms with Crippen LogP contribution in [-0.4, -0.2) is 47.9 Å². The van der Waals surface area contributed by atoms with Gasteiger partial charge in [-0.05, 0) is 49.9 Å². The van der Waals surface area contributed by atoms with E-state index in [0.717, 1.165) is 40.0 Å². The molecular weight excluding hydrogens is 404 g/mol. The smallest absolute Gasteiger partial charge is 0.410 e. The number of ether oxygens (including phenoxy) is 1. The second kappa shape index (κ2) is 7.47. The summed E-state index contributed by atoms with van der Waals surface area (Å²) in [7, 11) is 1.88. The lowest BCUT2D eigenvalue weighted by Gasteiger charge is -2.31. The number of hydrogen-bond acceptors (Lipinski definition) is 5. The molecule has 5 rings (SSSR count). The molecule has 0 spiro atoms. The molecule has 32 heavy (non-hydrogen) atoms. The molecule has 1 aromatic carbocycles. The van der Waals surface area contributed by atoms with E-state index in [1.165, 1.54) is 5.56 Å². The van der Waals surface area contributed by atoms with Crippen LogP contribution in [0.5, 0.6) is 0 Å². The average molecular weight is 431 g/mol. The molecule has 1 amide bonds. The monoisotopic (exact) mass is 430 g/mol. The minimum absolute atomic E-state index is 0.261. The number of hydrogen-bond donors (Lipinski definition) is 1. The lowest BCUT2D eigenvalue weighted by Crippen LogP contribution is -2.39. The Morgan fingerprint density at radius 1 is 1.16 bits per heavy atom. The summed E-state index contributed by atoms with van der Waals surface area (Å²) in [4.78, 5) is 26.7. The molecule has 3 aromatic heterocycles. The first-order valence-corrected chi connectivity index (χ1v) is 10.7. The zero-order chi connectivity index (χ0) is 22.5. The van der Waals surface area contributed by atoms with E-state index in [2.05, 4.69) is 38.2 Å². The van der Waals surface area contributed by atoms with Crippen molar-refractivity contribution in [3.63, 3.8) is 0 Å². The molecule has 164 valence electrons. The third kappa shape index (κ3) is 3.84. The van der Waals surface area contributed by atoms with Gasteiger partial charge in [0.15, 0.2) is 5.65 Å². The highest BCUT2D eigenvalue weighted by Gasteiger charge is 2.26. The summed E-state index contributed by atoms with van der Waals surface area (Å²) >= 11 is 0. The molecule has 0 bridgehead atoms. The molecule has 0 saturated carbocycles. The first kappa shape index (κ1) is 20.2. The van der Waals surface area contributed by atoms with Gasteiger partial charge in [-0.1, -0.05) is 18.2 Å². The summed E-state index contributed by atoms with van der Waals surface area (Å²) in [5, 5.41) is 4.23. The molecule has 4 aromatic rings. The van der Waals surface area contributed by atoms with Gasteiger partial charge in [0.1, 0.15) is 11.4 Å². The number of aromatic nitrogens is 5. The van der Waals surface area contributed by atoms with Crippen LogP contribution >= 0.6 is 0 Å². The van der Waals surface area contributed by atoms with Crippen molar-refractivity contribution < 1.29 is 9.53 Å². The molecule has 0 unspecified atom stereocenters. The van der Waals surface area contributed by atoms with Crippen LogP contribution in [0.15, 0.2) is 42.9 Å². The predicted molar refractivity (Wildman–Crippen MR) is 122 cm³/mol. The number of H-pyrrole nitrogens is 1. The number of amides is 1. The van der Waals surface area contributed by atoms with Crippen molar-refractivity contribution in [1.29, 1.82) is 0 Å². The van der Waals surface area contributed by atoms with Gasteiger partial charge in [-0.25, -0.2) is 14.8 Å². The number of imidazole rings is 1. The van der Waals surface area contributed by atoms with Gasteiger partial charge in [0.2, 0.25) is 0 Å². The molecule has 8 nitrogen and oxygen atoms in total. The fraction of sp³-hybridized carbons (Fsp3) is 0.333. The Bertz CT molecular complexity index is 1310. The van der Waals surface area contributed by atoms with Gasteiger partial charge in [-0.3, -0.25) is 4.68 Å². The largest absolute Gasteiger partial charge is 0.444 e. The lowest BCUT2D eigenvalue weighted by molar-refractivity contribution is 0.0224. The maximum absolute atomic E-state index is 12.5. The number of nitrogens with one attached hydrogen (secondary N) is 1. The van der Waals surface area contributed by atoms with Crippen LogP contribution in [0.25, 0.3) is 33.7 Å². The predicted octanol–water partition coefficient (Wildman–Crippen LogP) is 4.32. The van der Waals surface area contributed by atoms with Gasteiger partial charge in [-0.15, -0.1) is 0 Å². The number of nitrogens with zero attached hydrogens (tertiary/aromatic N) is 5. The van der Waals surface area contributed by atoms with Crippen LogP contribution in [0.4, 0.5) is 4.79 Å². The van der Waals surface area contributed by atoms with Crippen LogP contribution in [0.1, 0.15) is 31.9 Å². The van der Waals surface area contributed by atoms with Crippen LogP contribution < -0.4 is 0 Å². The Kier molecular flexibility index (Phi) is 4.73. The maximum atomic E-state index is 12.5. The minimum Gasteiger partial charge on any atom is -0.444 e. The highest BCUT2D eigenvalue weighted by atomic mass is 16.6. The van der Waals surface area contributed by atoms with E-state index >= 15 is 0 Å². The number of rotatable bonds is 2. The average Bonchev–Trinajstić information content (AvgIpc) is 3.37. The van der Waals surface area contributed by atoms with Crippen LogP contribution in [0.2, 0.25) is 0 Å². The first-order valence-electron chi connectivity index (χ1n) is 10.7. The molecule has 4 heterocycles. The van der Waals surface area contributed by atoms with E-state index < -0.39 is 5.60 Å². The number of carbonyl (C=O) groups is 1. The van der Waals surface area contributed by atoms with E-state index in [1.54, 1.807) is 22.0 Å². The Morgan fingerprint density at radius 2 is 2.00 bits per heavy atom. The molecule has 1 aliphatic heterocycles. The molecule has 0 saturated heterocycles. The van der Waals surface area contributed by atoms with Gasteiger partial charge >= 0.3 is 6.09 Å². The third-order valence-corrected chi connectivity index (χ3v) is 5.55. The van der Waals surface area contributed by atoms with Crippen molar-refractivity contribution in [2.45, 2.75) is 39.3 Å². The molecule has 8 heteroatoms. The summed E-state index contributed by atoms with van der Waals surface area (Å²) in [6, 6.07) is 8.41. The second-order valence-electron chi connectivity index (χ2n) is 9.18. The maximum Gasteiger partial charge on any atom is 0.410 e. The molecule has 0 atom stereocenters. The number of aryl methyl sites for hydroxylation is 1. The van der Waals surface area contributed by atoms with Crippen LogP contribution in [0.3, 0.4) is 0 Å². The zero-order valence-electron chi connectivity index (χ0n) is 18.7. The van der Waals surface area contributed by atoms with E-state index in [4.69, 9.17) is 4.74 Å². The Hall–Kier alpha value is -3.68. The van der Waals surface area contributed by atoms with E-state index in [-0.39, 0.29) is 6.09 Å². The molecule has 0 fully saturated rings. The first-order chi connectivity index (χ1) is 15.3. The van der Waals surface area contributed by atoms with E-state index in [0.29, 0.717) is 18.7 Å². The lowest BCUT2D eigenvalue weighted by atomic mass is 9.94. The van der Waals surface area contributed by atoms with Crippen molar-refractivity contribution in [2.75, 3.05) is 6.54 Å². The number of aromatic amines is 1. The van der Waals surface area contributed by atoms with Gasteiger partial charge in [0.05, 0.1) is 17.3 Å². The summed E-state index contributed by atoms with van der Waals surface area (Å²) in [5.41, 5.74) is 6.55. The molecule has 0 aliphatic carbocycles. The van der Waals surface area contributed by atoms with Crippen molar-refractivity contribution in [2.24, 2.45) is 7.05 Å². The van der Waals surface area contributed by atoms with E-state index in [9.17, 15) is 4.79 Å². The molecule has 1 aliphatic rings. The Morgan fingerprint density at radius 3 is 2.75 bits per heavy atom. The van der Waals surface area contributed by atoms with Crippen LogP contribution in [0, 0.1) is 0 Å². The quantitative estimate of drug-likeness (QED) is 0.512. The number of benzene rings is 1. The van der Waals surface area contributed by atoms with Gasteiger partial charge in [0.25, 0.3) is 0 Å². The highest BCUT2D eigenvalue weighted by molar-refractivity contribution is 5.91. The minimum atomic E-state index is -0.493. The topological polar surface area (TPSA) is 88.9 Å². The second-order valence-corrected chi connectivity index (χ2v) is 9.18. The number of pyridine rings is 1. The number of carbonyl (C=O) groups excluding carboxylic acids is 1. The van der Waals surface area contributed by atoms with Crippen molar-refractivity contribution in [3.8, 4) is 22.5 Å². The van der Waals surface area contributed by atoms with Crippen molar-refractivity contribution >= 4 is 17.3 Å². The summed E-state index contributed by atoms with van der Waals surface area (Å²) < 4.78 is 7.29.